The predicted molar refractivity (Wildman–Crippen MR) is 70.2 cm³/mol. The Kier molecular flexibility index (Phi) is 2.92. The summed E-state index contributed by atoms with van der Waals surface area (Å²) in [7, 11) is 0. The number of hydrogen-bond acceptors (Lipinski definition) is 3. The molecular weight excluding hydrogens is 248 g/mol. The van der Waals surface area contributed by atoms with Crippen molar-refractivity contribution in [3.63, 3.8) is 0 Å². The molecule has 1 aliphatic heterocycles. The number of halogens is 2. The predicted octanol–water partition coefficient (Wildman–Crippen LogP) is 1.93. The summed E-state index contributed by atoms with van der Waals surface area (Å²) in [4.78, 5) is 4.32. The summed E-state index contributed by atoms with van der Waals surface area (Å²) in [6.07, 6.45) is 1.84. The Labute approximate surface area is 111 Å². The third-order valence-electron chi connectivity index (χ3n) is 3.86. The van der Waals surface area contributed by atoms with E-state index in [0.29, 0.717) is 18.2 Å². The van der Waals surface area contributed by atoms with E-state index in [0.717, 1.165) is 31.4 Å². The van der Waals surface area contributed by atoms with Gasteiger partial charge in [0.1, 0.15) is 11.6 Å². The summed E-state index contributed by atoms with van der Waals surface area (Å²) >= 11 is 0. The van der Waals surface area contributed by atoms with Gasteiger partial charge in [-0.05, 0) is 31.4 Å². The molecule has 2 N–H and O–H groups in total. The van der Waals surface area contributed by atoms with Gasteiger partial charge in [0.2, 0.25) is 0 Å². The number of nitrogens with one attached hydrogen (secondary N) is 2. The van der Waals surface area contributed by atoms with Gasteiger partial charge in [-0.15, -0.1) is 0 Å². The van der Waals surface area contributed by atoms with Crippen molar-refractivity contribution in [3.8, 4) is 0 Å². The zero-order valence-electron chi connectivity index (χ0n) is 10.8. The molecule has 1 aliphatic carbocycles. The van der Waals surface area contributed by atoms with Gasteiger partial charge in [-0.1, -0.05) is 6.07 Å². The Morgan fingerprint density at radius 3 is 2.79 bits per heavy atom. The molecule has 1 unspecified atom stereocenters. The summed E-state index contributed by atoms with van der Waals surface area (Å²) in [6, 6.07) is 4.20. The van der Waals surface area contributed by atoms with Gasteiger partial charge < -0.3 is 10.6 Å². The molecule has 5 heteroatoms. The molecule has 1 fully saturated rings. The van der Waals surface area contributed by atoms with Gasteiger partial charge in [-0.2, -0.15) is 0 Å². The minimum atomic E-state index is -0.527. The largest absolute Gasteiger partial charge is 0.356 e. The highest BCUT2D eigenvalue weighted by atomic mass is 19.1. The molecule has 19 heavy (non-hydrogen) atoms. The first-order valence-corrected chi connectivity index (χ1v) is 6.59. The summed E-state index contributed by atoms with van der Waals surface area (Å²) in [5.74, 6) is -0.198. The molecular formula is C14H17F2N3. The number of nitrogens with zero attached hydrogens (tertiary/aromatic N) is 1. The Morgan fingerprint density at radius 1 is 1.42 bits per heavy atom. The average molecular weight is 265 g/mol. The van der Waals surface area contributed by atoms with E-state index in [1.54, 1.807) is 6.07 Å². The summed E-state index contributed by atoms with van der Waals surface area (Å²) in [5.41, 5.74) is 0.404. The van der Waals surface area contributed by atoms with Gasteiger partial charge in [0.25, 0.3) is 0 Å². The number of guanidine groups is 1. The van der Waals surface area contributed by atoms with Crippen LogP contribution in [-0.4, -0.2) is 25.1 Å². The second-order valence-electron chi connectivity index (χ2n) is 5.49. The zero-order chi connectivity index (χ0) is 13.5. The van der Waals surface area contributed by atoms with Crippen molar-refractivity contribution in [2.24, 2.45) is 4.99 Å². The van der Waals surface area contributed by atoms with Gasteiger partial charge >= 0.3 is 0 Å². The van der Waals surface area contributed by atoms with E-state index in [9.17, 15) is 8.78 Å². The monoisotopic (exact) mass is 265 g/mol. The van der Waals surface area contributed by atoms with E-state index < -0.39 is 11.6 Å². The highest BCUT2D eigenvalue weighted by Crippen LogP contribution is 2.48. The SMILES string of the molecule is CC1CN=C(NCC2(c3ccc(F)cc3F)CC2)N1. The van der Waals surface area contributed by atoms with Gasteiger partial charge in [-0.3, -0.25) is 4.99 Å². The second-order valence-corrected chi connectivity index (χ2v) is 5.49. The second kappa shape index (κ2) is 4.47. The lowest BCUT2D eigenvalue weighted by Crippen LogP contribution is -2.41. The fourth-order valence-electron chi connectivity index (χ4n) is 2.52. The summed E-state index contributed by atoms with van der Waals surface area (Å²) in [6.45, 7) is 3.46. The highest BCUT2D eigenvalue weighted by molar-refractivity contribution is 5.81. The van der Waals surface area contributed by atoms with E-state index in [-0.39, 0.29) is 5.41 Å². The summed E-state index contributed by atoms with van der Waals surface area (Å²) < 4.78 is 26.8. The molecule has 0 bridgehead atoms. The molecule has 1 atom stereocenters. The lowest BCUT2D eigenvalue weighted by Gasteiger charge is -2.18. The zero-order valence-corrected chi connectivity index (χ0v) is 10.8. The Balaban J connectivity index is 1.70. The summed E-state index contributed by atoms with van der Waals surface area (Å²) in [5, 5.41) is 6.45. The first-order chi connectivity index (χ1) is 9.09. The maximum atomic E-state index is 13.8. The Bertz CT molecular complexity index is 523. The standard InChI is InChI=1S/C14H17F2N3/c1-9-7-17-13(19-9)18-8-14(4-5-14)11-3-2-10(15)6-12(11)16/h2-3,6,9H,4-5,7-8H2,1H3,(H2,17,18,19). The minimum absolute atomic E-state index is 0.201. The van der Waals surface area contributed by atoms with Crippen LogP contribution >= 0.6 is 0 Å². The van der Waals surface area contributed by atoms with Crippen molar-refractivity contribution >= 4 is 5.96 Å². The molecule has 102 valence electrons. The fraction of sp³-hybridized carbons (Fsp3) is 0.500. The molecule has 1 heterocycles. The van der Waals surface area contributed by atoms with Gasteiger partial charge in [0.15, 0.2) is 5.96 Å². The molecule has 0 saturated heterocycles. The first kappa shape index (κ1) is 12.4. The van der Waals surface area contributed by atoms with Crippen molar-refractivity contribution < 1.29 is 8.78 Å². The van der Waals surface area contributed by atoms with Gasteiger partial charge in [0.05, 0.1) is 6.54 Å². The first-order valence-electron chi connectivity index (χ1n) is 6.59. The third kappa shape index (κ3) is 2.41. The van der Waals surface area contributed by atoms with Gasteiger partial charge in [0, 0.05) is 24.1 Å². The normalized spacial score (nSPS) is 23.7. The van der Waals surface area contributed by atoms with Crippen molar-refractivity contribution in [1.29, 1.82) is 0 Å². The van der Waals surface area contributed by atoms with Crippen LogP contribution in [0.2, 0.25) is 0 Å². The van der Waals surface area contributed by atoms with Crippen LogP contribution in [0.4, 0.5) is 8.78 Å². The molecule has 1 saturated carbocycles. The van der Waals surface area contributed by atoms with E-state index in [4.69, 9.17) is 0 Å². The smallest absolute Gasteiger partial charge is 0.191 e. The van der Waals surface area contributed by atoms with Crippen molar-refractivity contribution in [2.75, 3.05) is 13.1 Å². The number of rotatable bonds is 3. The van der Waals surface area contributed by atoms with E-state index in [2.05, 4.69) is 22.5 Å². The fourth-order valence-corrected chi connectivity index (χ4v) is 2.52. The molecule has 1 aromatic carbocycles. The van der Waals surface area contributed by atoms with E-state index in [1.807, 2.05) is 0 Å². The lowest BCUT2D eigenvalue weighted by molar-refractivity contribution is 0.540. The average Bonchev–Trinajstić information content (AvgIpc) is 3.03. The Hall–Kier alpha value is -1.65. The molecule has 0 radical (unpaired) electrons. The maximum absolute atomic E-state index is 13.8. The van der Waals surface area contributed by atoms with E-state index in [1.165, 1.54) is 6.07 Å². The van der Waals surface area contributed by atoms with E-state index >= 15 is 0 Å². The third-order valence-corrected chi connectivity index (χ3v) is 3.86. The Morgan fingerprint density at radius 2 is 2.21 bits per heavy atom. The lowest BCUT2D eigenvalue weighted by atomic mass is 9.95. The highest BCUT2D eigenvalue weighted by Gasteiger charge is 2.46. The molecule has 1 aromatic rings. The topological polar surface area (TPSA) is 36.4 Å². The molecule has 3 rings (SSSR count). The molecule has 0 spiro atoms. The van der Waals surface area contributed by atoms with Crippen molar-refractivity contribution in [3.05, 3.63) is 35.4 Å². The molecule has 0 aromatic heterocycles. The van der Waals surface area contributed by atoms with Crippen LogP contribution in [0.5, 0.6) is 0 Å². The van der Waals surface area contributed by atoms with Crippen LogP contribution in [-0.2, 0) is 5.41 Å². The van der Waals surface area contributed by atoms with Crippen LogP contribution in [0, 0.1) is 11.6 Å². The van der Waals surface area contributed by atoms with Crippen LogP contribution in [0.3, 0.4) is 0 Å². The van der Waals surface area contributed by atoms with Crippen LogP contribution in [0.1, 0.15) is 25.3 Å². The number of hydrogen-bond donors (Lipinski definition) is 2. The van der Waals surface area contributed by atoms with Crippen molar-refractivity contribution in [1.82, 2.24) is 10.6 Å². The maximum Gasteiger partial charge on any atom is 0.191 e. The number of benzene rings is 1. The van der Waals surface area contributed by atoms with Gasteiger partial charge in [-0.25, -0.2) is 8.78 Å². The van der Waals surface area contributed by atoms with Crippen LogP contribution < -0.4 is 10.6 Å². The van der Waals surface area contributed by atoms with Crippen LogP contribution in [0.25, 0.3) is 0 Å². The minimum Gasteiger partial charge on any atom is -0.356 e. The number of aliphatic imine (C=N–C) groups is 1. The quantitative estimate of drug-likeness (QED) is 0.876. The molecule has 0 amide bonds. The molecule has 2 aliphatic rings. The van der Waals surface area contributed by atoms with Crippen molar-refractivity contribution in [2.45, 2.75) is 31.2 Å². The molecule has 3 nitrogen and oxygen atoms in total. The van der Waals surface area contributed by atoms with Crippen LogP contribution in [0.15, 0.2) is 23.2 Å².